The highest BCUT2D eigenvalue weighted by Gasteiger charge is 2.49. The lowest BCUT2D eigenvalue weighted by Gasteiger charge is -2.40. The van der Waals surface area contributed by atoms with Crippen LogP contribution in [0.3, 0.4) is 0 Å². The maximum atomic E-state index is 12.2. The topological polar surface area (TPSA) is 83.3 Å². The molecule has 32 heavy (non-hydrogen) atoms. The van der Waals surface area contributed by atoms with Gasteiger partial charge in [0.15, 0.2) is 11.4 Å². The van der Waals surface area contributed by atoms with Crippen molar-refractivity contribution in [3.8, 4) is 5.88 Å². The maximum Gasteiger partial charge on any atom is 0.331 e. The van der Waals surface area contributed by atoms with Crippen LogP contribution < -0.4 is 0 Å². The van der Waals surface area contributed by atoms with Crippen LogP contribution in [0.5, 0.6) is 5.88 Å². The quantitative estimate of drug-likeness (QED) is 0.416. The summed E-state index contributed by atoms with van der Waals surface area (Å²) in [7, 11) is 0. The summed E-state index contributed by atoms with van der Waals surface area (Å²) in [6.45, 7) is 8.67. The van der Waals surface area contributed by atoms with Gasteiger partial charge in [0, 0.05) is 22.4 Å². The van der Waals surface area contributed by atoms with Crippen LogP contribution in [0.2, 0.25) is 0 Å². The fourth-order valence-electron chi connectivity index (χ4n) is 6.01. The van der Waals surface area contributed by atoms with Gasteiger partial charge < -0.3 is 9.52 Å². The third kappa shape index (κ3) is 3.79. The van der Waals surface area contributed by atoms with Gasteiger partial charge in [-0.25, -0.2) is 0 Å². The maximum absolute atomic E-state index is 12.2. The van der Waals surface area contributed by atoms with E-state index >= 15 is 0 Å². The molecular weight excluding hydrogens is 472 g/mol. The SMILES string of the molecule is CC1(C)C[C@H]2C[C@](C)(CN2Cn2c(O)c(N=NC(=O)c3ccco3)c3cc(Br)ccc32)C1. The number of amides is 1. The second-order valence-corrected chi connectivity index (χ2v) is 11.3. The van der Waals surface area contributed by atoms with Crippen LogP contribution in [-0.4, -0.2) is 33.1 Å². The van der Waals surface area contributed by atoms with E-state index in [4.69, 9.17) is 4.42 Å². The van der Waals surface area contributed by atoms with E-state index in [1.807, 2.05) is 22.8 Å². The number of benzene rings is 1. The van der Waals surface area contributed by atoms with Gasteiger partial charge in [0.2, 0.25) is 5.88 Å². The molecule has 0 radical (unpaired) electrons. The van der Waals surface area contributed by atoms with Crippen LogP contribution in [0.1, 0.15) is 50.6 Å². The Labute approximate surface area is 195 Å². The lowest BCUT2D eigenvalue weighted by molar-refractivity contribution is 0.0968. The minimum atomic E-state index is -0.589. The van der Waals surface area contributed by atoms with Crippen LogP contribution in [0, 0.1) is 10.8 Å². The molecule has 1 saturated heterocycles. The first-order chi connectivity index (χ1) is 15.1. The summed E-state index contributed by atoms with van der Waals surface area (Å²) in [5.41, 5.74) is 1.77. The summed E-state index contributed by atoms with van der Waals surface area (Å²) in [4.78, 5) is 14.7. The molecule has 3 aromatic rings. The second-order valence-electron chi connectivity index (χ2n) is 10.3. The highest BCUT2D eigenvalue weighted by atomic mass is 79.9. The molecule has 1 saturated carbocycles. The number of carbonyl (C=O) groups is 1. The second kappa shape index (κ2) is 7.56. The van der Waals surface area contributed by atoms with Crippen molar-refractivity contribution < 1.29 is 14.3 Å². The van der Waals surface area contributed by atoms with Crippen LogP contribution in [-0.2, 0) is 6.67 Å². The van der Waals surface area contributed by atoms with Gasteiger partial charge >= 0.3 is 5.91 Å². The van der Waals surface area contributed by atoms with Gasteiger partial charge in [-0.1, -0.05) is 36.7 Å². The number of aromatic hydroxyl groups is 1. The molecule has 0 spiro atoms. The normalized spacial score (nSPS) is 25.2. The molecule has 2 fully saturated rings. The molecule has 0 unspecified atom stereocenters. The molecule has 1 N–H and O–H groups in total. The number of nitrogens with zero attached hydrogens (tertiary/aromatic N) is 4. The Bertz CT molecular complexity index is 1210. The van der Waals surface area contributed by atoms with Crippen molar-refractivity contribution in [3.63, 3.8) is 0 Å². The van der Waals surface area contributed by atoms with E-state index in [9.17, 15) is 9.90 Å². The number of hydrogen-bond donors (Lipinski definition) is 1. The van der Waals surface area contributed by atoms with Gasteiger partial charge in [-0.15, -0.1) is 10.2 Å². The smallest absolute Gasteiger partial charge is 0.331 e. The molecule has 2 aromatic heterocycles. The third-order valence-electron chi connectivity index (χ3n) is 6.79. The van der Waals surface area contributed by atoms with Crippen molar-refractivity contribution in [2.45, 2.75) is 52.7 Å². The molecule has 168 valence electrons. The van der Waals surface area contributed by atoms with E-state index in [0.717, 1.165) is 28.3 Å². The number of fused-ring (bicyclic) bond motifs is 3. The molecule has 3 heterocycles. The number of azo groups is 1. The van der Waals surface area contributed by atoms with Crippen molar-refractivity contribution in [1.29, 1.82) is 0 Å². The number of furan rings is 1. The first kappa shape index (κ1) is 21.4. The zero-order valence-electron chi connectivity index (χ0n) is 18.5. The summed E-state index contributed by atoms with van der Waals surface area (Å²) in [6, 6.07) is 9.44. The Morgan fingerprint density at radius 3 is 2.84 bits per heavy atom. The Balaban J connectivity index is 1.50. The molecule has 1 amide bonds. The third-order valence-corrected chi connectivity index (χ3v) is 7.28. The Kier molecular flexibility index (Phi) is 5.05. The number of carbonyl (C=O) groups excluding carboxylic acids is 1. The van der Waals surface area contributed by atoms with Gasteiger partial charge in [0.05, 0.1) is 18.4 Å². The molecule has 1 aliphatic carbocycles. The number of aromatic nitrogens is 1. The first-order valence-electron chi connectivity index (χ1n) is 10.9. The molecular formula is C24H27BrN4O3. The van der Waals surface area contributed by atoms with Gasteiger partial charge in [-0.3, -0.25) is 14.3 Å². The minimum Gasteiger partial charge on any atom is -0.493 e. The van der Waals surface area contributed by atoms with Crippen molar-refractivity contribution in [3.05, 3.63) is 46.8 Å². The summed E-state index contributed by atoms with van der Waals surface area (Å²) < 4.78 is 7.84. The van der Waals surface area contributed by atoms with Crippen LogP contribution in [0.4, 0.5) is 5.69 Å². The molecule has 7 nitrogen and oxygen atoms in total. The molecule has 1 aromatic carbocycles. The molecule has 1 aliphatic heterocycles. The number of rotatable bonds is 4. The van der Waals surface area contributed by atoms with Crippen molar-refractivity contribution in [1.82, 2.24) is 9.47 Å². The van der Waals surface area contributed by atoms with E-state index in [0.29, 0.717) is 23.5 Å². The van der Waals surface area contributed by atoms with E-state index in [-0.39, 0.29) is 17.3 Å². The highest BCUT2D eigenvalue weighted by molar-refractivity contribution is 9.10. The molecule has 2 atom stereocenters. The van der Waals surface area contributed by atoms with E-state index in [2.05, 4.69) is 51.8 Å². The predicted octanol–water partition coefficient (Wildman–Crippen LogP) is 6.48. The van der Waals surface area contributed by atoms with Gasteiger partial charge in [0.25, 0.3) is 0 Å². The van der Waals surface area contributed by atoms with Crippen LogP contribution >= 0.6 is 15.9 Å². The predicted molar refractivity (Wildman–Crippen MR) is 125 cm³/mol. The van der Waals surface area contributed by atoms with Gasteiger partial charge in [-0.05, 0) is 60.4 Å². The zero-order chi connectivity index (χ0) is 22.7. The monoisotopic (exact) mass is 498 g/mol. The summed E-state index contributed by atoms with van der Waals surface area (Å²) in [5.74, 6) is -0.466. The zero-order valence-corrected chi connectivity index (χ0v) is 20.1. The van der Waals surface area contributed by atoms with Crippen LogP contribution in [0.25, 0.3) is 10.9 Å². The van der Waals surface area contributed by atoms with Crippen LogP contribution in [0.15, 0.2) is 55.7 Å². The Morgan fingerprint density at radius 1 is 1.28 bits per heavy atom. The lowest BCUT2D eigenvalue weighted by atomic mass is 9.65. The average molecular weight is 499 g/mol. The van der Waals surface area contributed by atoms with E-state index in [1.165, 1.54) is 25.2 Å². The number of hydrogen-bond acceptors (Lipinski definition) is 5. The van der Waals surface area contributed by atoms with E-state index in [1.54, 1.807) is 6.07 Å². The average Bonchev–Trinajstić information content (AvgIpc) is 3.37. The summed E-state index contributed by atoms with van der Waals surface area (Å²) in [5, 5.41) is 19.8. The van der Waals surface area contributed by atoms with Gasteiger partial charge in [-0.2, -0.15) is 0 Å². The van der Waals surface area contributed by atoms with Crippen molar-refractivity contribution >= 4 is 38.4 Å². The number of likely N-dealkylation sites (tertiary alicyclic amines) is 1. The molecule has 2 bridgehead atoms. The standard InChI is InChI=1S/C24H27BrN4O3/c1-23(2)10-16-11-24(3,12-23)13-28(16)14-29-18-7-6-15(25)9-17(18)20(22(29)31)26-27-21(30)19-5-4-8-32-19/h4-9,16,31H,10-14H2,1-3H3/t16-,24-/m0/s1. The molecule has 2 aliphatic rings. The molecule has 5 rings (SSSR count). The fourth-order valence-corrected chi connectivity index (χ4v) is 6.37. The first-order valence-corrected chi connectivity index (χ1v) is 11.7. The van der Waals surface area contributed by atoms with Gasteiger partial charge in [0.1, 0.15) is 0 Å². The van der Waals surface area contributed by atoms with Crippen molar-refractivity contribution in [2.24, 2.45) is 21.1 Å². The highest BCUT2D eigenvalue weighted by Crippen LogP contribution is 2.53. The number of halogens is 1. The van der Waals surface area contributed by atoms with Crippen molar-refractivity contribution in [2.75, 3.05) is 6.54 Å². The largest absolute Gasteiger partial charge is 0.493 e. The minimum absolute atomic E-state index is 0.0138. The fraction of sp³-hybridized carbons (Fsp3) is 0.458. The summed E-state index contributed by atoms with van der Waals surface area (Å²) >= 11 is 3.50. The Hall–Kier alpha value is -2.45. The Morgan fingerprint density at radius 2 is 2.09 bits per heavy atom. The lowest BCUT2D eigenvalue weighted by Crippen LogP contribution is -2.35. The summed E-state index contributed by atoms with van der Waals surface area (Å²) in [6.07, 6.45) is 4.97. The van der Waals surface area contributed by atoms with E-state index < -0.39 is 5.91 Å². The molecule has 8 heteroatoms.